The summed E-state index contributed by atoms with van der Waals surface area (Å²) in [5.41, 5.74) is 4.66. The molecule has 0 aliphatic carbocycles. The second-order valence-corrected chi connectivity index (χ2v) is 9.75. The average molecular weight is 477 g/mol. The molecule has 4 nitrogen and oxygen atoms in total. The Balaban J connectivity index is 1.87. The zero-order valence-corrected chi connectivity index (χ0v) is 22.2. The minimum absolute atomic E-state index is 0.117. The van der Waals surface area contributed by atoms with Crippen LogP contribution in [0.4, 0.5) is 0 Å². The first-order valence-corrected chi connectivity index (χ1v) is 13.0. The van der Waals surface area contributed by atoms with Crippen LogP contribution in [0.1, 0.15) is 94.0 Å². The highest BCUT2D eigenvalue weighted by atomic mass is 16.6. The summed E-state index contributed by atoms with van der Waals surface area (Å²) in [6.07, 6.45) is 4.22. The fourth-order valence-electron chi connectivity index (χ4n) is 4.94. The van der Waals surface area contributed by atoms with E-state index in [1.165, 1.54) is 11.1 Å². The number of hydrogen-bond acceptors (Lipinski definition) is 4. The van der Waals surface area contributed by atoms with Gasteiger partial charge in [-0.3, -0.25) is 4.79 Å². The Bertz CT molecular complexity index is 1100. The standard InChI is InChI=1S/C31H40O4/c1-7-30(33,8-2)18-17-24-11-12-25(19-22(24)5)31(9-3,10-4)26-13-15-28(23(6)20-26)34-21-27-14-16-29(32)35-27/h11-13,15,19-20,27,33H,7-10,14,16,21H2,1-6H3/t27-/m1/s1. The molecule has 2 aromatic carbocycles. The molecule has 0 saturated carbocycles. The third kappa shape index (κ3) is 5.90. The van der Waals surface area contributed by atoms with Gasteiger partial charge in [-0.15, -0.1) is 0 Å². The Morgan fingerprint density at radius 2 is 1.60 bits per heavy atom. The minimum atomic E-state index is -0.928. The van der Waals surface area contributed by atoms with Gasteiger partial charge in [-0.05, 0) is 80.3 Å². The van der Waals surface area contributed by atoms with E-state index >= 15 is 0 Å². The van der Waals surface area contributed by atoms with E-state index in [2.05, 4.69) is 69.9 Å². The number of benzene rings is 2. The first-order valence-electron chi connectivity index (χ1n) is 13.0. The zero-order valence-electron chi connectivity index (χ0n) is 22.2. The van der Waals surface area contributed by atoms with Crippen LogP contribution in [0.3, 0.4) is 0 Å². The van der Waals surface area contributed by atoms with Crippen LogP contribution in [-0.4, -0.2) is 29.4 Å². The van der Waals surface area contributed by atoms with Gasteiger partial charge in [0.2, 0.25) is 0 Å². The van der Waals surface area contributed by atoms with Crippen molar-refractivity contribution in [1.29, 1.82) is 0 Å². The number of aliphatic hydroxyl groups is 1. The molecule has 2 aromatic rings. The van der Waals surface area contributed by atoms with Crippen molar-refractivity contribution in [2.75, 3.05) is 6.61 Å². The summed E-state index contributed by atoms with van der Waals surface area (Å²) >= 11 is 0. The van der Waals surface area contributed by atoms with Crippen LogP contribution >= 0.6 is 0 Å². The van der Waals surface area contributed by atoms with Gasteiger partial charge in [0.1, 0.15) is 24.1 Å². The maximum absolute atomic E-state index is 11.3. The molecule has 1 N–H and O–H groups in total. The van der Waals surface area contributed by atoms with Crippen molar-refractivity contribution >= 4 is 5.97 Å². The predicted octanol–water partition coefficient (Wildman–Crippen LogP) is 6.40. The van der Waals surface area contributed by atoms with Crippen molar-refractivity contribution < 1.29 is 19.4 Å². The second kappa shape index (κ2) is 11.3. The highest BCUT2D eigenvalue weighted by Crippen LogP contribution is 2.41. The maximum atomic E-state index is 11.3. The molecular formula is C31H40O4. The number of aryl methyl sites for hydroxylation is 2. The molecule has 1 aliphatic heterocycles. The predicted molar refractivity (Wildman–Crippen MR) is 141 cm³/mol. The second-order valence-electron chi connectivity index (χ2n) is 9.75. The summed E-state index contributed by atoms with van der Waals surface area (Å²) in [5.74, 6) is 6.99. The highest BCUT2D eigenvalue weighted by molar-refractivity contribution is 5.71. The number of cyclic esters (lactones) is 1. The molecule has 3 rings (SSSR count). The topological polar surface area (TPSA) is 55.8 Å². The van der Waals surface area contributed by atoms with Crippen LogP contribution in [0.2, 0.25) is 0 Å². The SMILES string of the molecule is CCC(O)(C#Cc1ccc(C(CC)(CC)c2ccc(OC[C@H]3CCC(=O)O3)c(C)c2)cc1C)CC. The molecular weight excluding hydrogens is 436 g/mol. The van der Waals surface area contributed by atoms with E-state index in [1.807, 2.05) is 19.9 Å². The number of ether oxygens (including phenoxy) is 2. The lowest BCUT2D eigenvalue weighted by Crippen LogP contribution is -2.26. The number of carbonyl (C=O) groups is 1. The summed E-state index contributed by atoms with van der Waals surface area (Å²) in [4.78, 5) is 11.3. The van der Waals surface area contributed by atoms with Crippen LogP contribution in [0.5, 0.6) is 5.75 Å². The third-order valence-corrected chi connectivity index (χ3v) is 7.71. The van der Waals surface area contributed by atoms with Gasteiger partial charge >= 0.3 is 5.97 Å². The lowest BCUT2D eigenvalue weighted by atomic mass is 9.70. The monoisotopic (exact) mass is 476 g/mol. The minimum Gasteiger partial charge on any atom is -0.489 e. The molecule has 0 spiro atoms. The van der Waals surface area contributed by atoms with Crippen LogP contribution in [0, 0.1) is 25.7 Å². The first kappa shape index (κ1) is 26.8. The molecule has 1 saturated heterocycles. The van der Waals surface area contributed by atoms with Crippen molar-refractivity contribution in [3.05, 3.63) is 64.2 Å². The molecule has 4 heteroatoms. The van der Waals surface area contributed by atoms with Crippen LogP contribution in [0.15, 0.2) is 36.4 Å². The van der Waals surface area contributed by atoms with E-state index in [1.54, 1.807) is 0 Å². The summed E-state index contributed by atoms with van der Waals surface area (Å²) in [7, 11) is 0. The van der Waals surface area contributed by atoms with Gasteiger partial charge < -0.3 is 14.6 Å². The van der Waals surface area contributed by atoms with Gasteiger partial charge in [0, 0.05) is 17.4 Å². The van der Waals surface area contributed by atoms with E-state index in [0.717, 1.165) is 41.7 Å². The average Bonchev–Trinajstić information content (AvgIpc) is 3.28. The molecule has 1 heterocycles. The Kier molecular flexibility index (Phi) is 8.67. The zero-order chi connectivity index (χ0) is 25.6. The van der Waals surface area contributed by atoms with Crippen molar-refractivity contribution in [3.63, 3.8) is 0 Å². The smallest absolute Gasteiger partial charge is 0.306 e. The molecule has 35 heavy (non-hydrogen) atoms. The summed E-state index contributed by atoms with van der Waals surface area (Å²) < 4.78 is 11.3. The van der Waals surface area contributed by atoms with Gasteiger partial charge in [0.05, 0.1) is 0 Å². The van der Waals surface area contributed by atoms with Gasteiger partial charge in [0.15, 0.2) is 0 Å². The third-order valence-electron chi connectivity index (χ3n) is 7.71. The lowest BCUT2D eigenvalue weighted by molar-refractivity contribution is -0.142. The first-order chi connectivity index (χ1) is 16.7. The Hall–Kier alpha value is -2.77. The van der Waals surface area contributed by atoms with Crippen LogP contribution in [-0.2, 0) is 14.9 Å². The van der Waals surface area contributed by atoms with Crippen molar-refractivity contribution in [2.45, 2.75) is 97.2 Å². The molecule has 1 aliphatic rings. The molecule has 0 bridgehead atoms. The molecule has 1 fully saturated rings. The molecule has 0 amide bonds. The van der Waals surface area contributed by atoms with E-state index < -0.39 is 5.60 Å². The van der Waals surface area contributed by atoms with Crippen LogP contribution in [0.25, 0.3) is 0 Å². The van der Waals surface area contributed by atoms with E-state index in [0.29, 0.717) is 25.9 Å². The Morgan fingerprint density at radius 1 is 0.971 bits per heavy atom. The number of esters is 1. The fourth-order valence-corrected chi connectivity index (χ4v) is 4.94. The largest absolute Gasteiger partial charge is 0.489 e. The van der Waals surface area contributed by atoms with E-state index in [-0.39, 0.29) is 17.5 Å². The fraction of sp³-hybridized carbons (Fsp3) is 0.516. The summed E-state index contributed by atoms with van der Waals surface area (Å²) in [6.45, 7) is 13.0. The summed E-state index contributed by atoms with van der Waals surface area (Å²) in [6, 6.07) is 13.0. The van der Waals surface area contributed by atoms with Crippen molar-refractivity contribution in [3.8, 4) is 17.6 Å². The normalized spacial score (nSPS) is 16.0. The highest BCUT2D eigenvalue weighted by Gasteiger charge is 2.32. The quantitative estimate of drug-likeness (QED) is 0.336. The van der Waals surface area contributed by atoms with Crippen molar-refractivity contribution in [2.24, 2.45) is 0 Å². The molecule has 0 unspecified atom stereocenters. The molecule has 188 valence electrons. The number of rotatable bonds is 9. The lowest BCUT2D eigenvalue weighted by Gasteiger charge is -2.34. The Morgan fingerprint density at radius 3 is 2.11 bits per heavy atom. The van der Waals surface area contributed by atoms with Gasteiger partial charge in [-0.1, -0.05) is 63.8 Å². The Labute approximate surface area is 211 Å². The number of carbonyl (C=O) groups excluding carboxylic acids is 1. The van der Waals surface area contributed by atoms with Crippen molar-refractivity contribution in [1.82, 2.24) is 0 Å². The van der Waals surface area contributed by atoms with Gasteiger partial charge in [0.25, 0.3) is 0 Å². The summed E-state index contributed by atoms with van der Waals surface area (Å²) in [5, 5.41) is 10.5. The molecule has 1 atom stereocenters. The van der Waals surface area contributed by atoms with Gasteiger partial charge in [-0.2, -0.15) is 0 Å². The van der Waals surface area contributed by atoms with E-state index in [9.17, 15) is 9.90 Å². The maximum Gasteiger partial charge on any atom is 0.306 e. The van der Waals surface area contributed by atoms with Crippen LogP contribution < -0.4 is 4.74 Å². The van der Waals surface area contributed by atoms with E-state index in [4.69, 9.17) is 9.47 Å². The molecule has 0 aromatic heterocycles. The van der Waals surface area contributed by atoms with Gasteiger partial charge in [-0.25, -0.2) is 0 Å². The molecule has 0 radical (unpaired) electrons. The number of hydrogen-bond donors (Lipinski definition) is 1.